The van der Waals surface area contributed by atoms with Crippen LogP contribution in [0.3, 0.4) is 0 Å². The van der Waals surface area contributed by atoms with Crippen molar-refractivity contribution < 1.29 is 32.5 Å². The van der Waals surface area contributed by atoms with Crippen LogP contribution in [0.4, 0.5) is 13.2 Å². The molecule has 0 aromatic heterocycles. The summed E-state index contributed by atoms with van der Waals surface area (Å²) in [5, 5.41) is 17.0. The average molecular weight is 521 g/mol. The second-order valence-electron chi connectivity index (χ2n) is 7.84. The normalized spacial score (nSPS) is 26.9. The summed E-state index contributed by atoms with van der Waals surface area (Å²) in [6, 6.07) is 7.34. The lowest BCUT2D eigenvalue weighted by Gasteiger charge is -2.32. The summed E-state index contributed by atoms with van der Waals surface area (Å²) in [4.78, 5) is 17.3. The van der Waals surface area contributed by atoms with E-state index in [9.17, 15) is 27.6 Å². The molecule has 2 unspecified atom stereocenters. The molecule has 6 nitrogen and oxygen atoms in total. The molecule has 2 N–H and O–H groups in total. The smallest absolute Gasteiger partial charge is 0.438 e. The summed E-state index contributed by atoms with van der Waals surface area (Å²) < 4.78 is 53.9. The Bertz CT molecular complexity index is 1120. The van der Waals surface area contributed by atoms with Crippen molar-refractivity contribution in [3.63, 3.8) is 0 Å². The Labute approximate surface area is 199 Å². The summed E-state index contributed by atoms with van der Waals surface area (Å²) in [6.07, 6.45) is -7.29. The quantitative estimate of drug-likeness (QED) is 0.600. The molecular weight excluding hydrogens is 504 g/mol. The zero-order chi connectivity index (χ0) is 24.1. The highest BCUT2D eigenvalue weighted by Crippen LogP contribution is 2.49. The molecule has 12 heteroatoms. The number of nitrogens with zero attached hydrogens (tertiary/aromatic N) is 1. The van der Waals surface area contributed by atoms with Crippen molar-refractivity contribution in [1.82, 2.24) is 5.32 Å². The van der Waals surface area contributed by atoms with E-state index in [0.29, 0.717) is 22.6 Å². The zero-order valence-electron chi connectivity index (χ0n) is 17.0. The maximum atomic E-state index is 14.2. The van der Waals surface area contributed by atoms with Crippen LogP contribution in [-0.2, 0) is 21.6 Å². The van der Waals surface area contributed by atoms with Gasteiger partial charge < -0.3 is 19.8 Å². The van der Waals surface area contributed by atoms with E-state index in [2.05, 4.69) is 10.5 Å². The molecule has 176 valence electrons. The van der Waals surface area contributed by atoms with Crippen molar-refractivity contribution in [2.75, 3.05) is 11.5 Å². The predicted molar refractivity (Wildman–Crippen MR) is 118 cm³/mol. The first-order valence-corrected chi connectivity index (χ1v) is 11.9. The highest BCUT2D eigenvalue weighted by Gasteiger charge is 2.68. The predicted octanol–water partition coefficient (Wildman–Crippen LogP) is 3.72. The second kappa shape index (κ2) is 8.66. The van der Waals surface area contributed by atoms with Crippen LogP contribution in [0.25, 0.3) is 0 Å². The summed E-state index contributed by atoms with van der Waals surface area (Å²) in [6.45, 7) is 1.61. The monoisotopic (exact) mass is 520 g/mol. The average Bonchev–Trinajstić information content (AvgIpc) is 3.04. The summed E-state index contributed by atoms with van der Waals surface area (Å²) in [5.74, 6) is 0.385. The third kappa shape index (κ3) is 4.30. The van der Waals surface area contributed by atoms with Gasteiger partial charge in [-0.15, -0.1) is 0 Å². The Morgan fingerprint density at radius 3 is 2.42 bits per heavy atom. The Morgan fingerprint density at radius 1 is 1.24 bits per heavy atom. The highest BCUT2D eigenvalue weighted by molar-refractivity contribution is 7.92. The van der Waals surface area contributed by atoms with Gasteiger partial charge in [-0.05, 0) is 54.0 Å². The van der Waals surface area contributed by atoms with Gasteiger partial charge in [0.25, 0.3) is 11.5 Å². The van der Waals surface area contributed by atoms with E-state index in [1.165, 1.54) is 24.3 Å². The summed E-state index contributed by atoms with van der Waals surface area (Å²) in [5.41, 5.74) is -3.15. The van der Waals surface area contributed by atoms with Crippen molar-refractivity contribution in [1.29, 1.82) is 0 Å². The topological polar surface area (TPSA) is 94.0 Å². The molecule has 2 aliphatic heterocycles. The van der Waals surface area contributed by atoms with Crippen LogP contribution in [0.2, 0.25) is 10.0 Å². The highest BCUT2D eigenvalue weighted by atomic mass is 35.5. The van der Waals surface area contributed by atoms with Gasteiger partial charge in [-0.25, -0.2) is 0 Å². The van der Waals surface area contributed by atoms with Gasteiger partial charge in [-0.2, -0.15) is 13.2 Å². The molecule has 1 saturated heterocycles. The van der Waals surface area contributed by atoms with Crippen LogP contribution in [0, 0.1) is 6.92 Å². The number of nitrogens with one attached hydrogen (secondary N) is 1. The van der Waals surface area contributed by atoms with Gasteiger partial charge in [0, 0.05) is 26.7 Å². The Balaban J connectivity index is 1.64. The van der Waals surface area contributed by atoms with E-state index < -0.39 is 34.6 Å². The minimum Gasteiger partial charge on any atom is -0.616 e. The number of rotatable bonds is 4. The first kappa shape index (κ1) is 24.2. The molecule has 0 saturated carbocycles. The summed E-state index contributed by atoms with van der Waals surface area (Å²) >= 11 is 10.8. The second-order valence-corrected chi connectivity index (χ2v) is 10.3. The van der Waals surface area contributed by atoms with E-state index in [1.54, 1.807) is 6.92 Å². The third-order valence-electron chi connectivity index (χ3n) is 5.52. The van der Waals surface area contributed by atoms with Crippen LogP contribution >= 0.6 is 23.2 Å². The van der Waals surface area contributed by atoms with Crippen molar-refractivity contribution in [3.05, 3.63) is 68.7 Å². The van der Waals surface area contributed by atoms with Gasteiger partial charge in [0.15, 0.2) is 6.10 Å². The molecule has 0 spiro atoms. The van der Waals surface area contributed by atoms with E-state index in [-0.39, 0.29) is 33.3 Å². The molecule has 2 aromatic carbocycles. The van der Waals surface area contributed by atoms with Gasteiger partial charge in [-0.3, -0.25) is 4.79 Å². The molecule has 0 aliphatic carbocycles. The number of halogens is 5. The van der Waals surface area contributed by atoms with E-state index in [4.69, 9.17) is 28.0 Å². The molecule has 2 aliphatic rings. The van der Waals surface area contributed by atoms with Gasteiger partial charge >= 0.3 is 6.18 Å². The Morgan fingerprint density at radius 2 is 1.88 bits per heavy atom. The number of hydrogen-bond donors (Lipinski definition) is 2. The zero-order valence-corrected chi connectivity index (χ0v) is 19.3. The van der Waals surface area contributed by atoms with Crippen LogP contribution in [0.1, 0.15) is 27.0 Å². The van der Waals surface area contributed by atoms with Crippen LogP contribution in [-0.4, -0.2) is 51.1 Å². The first-order valence-electron chi connectivity index (χ1n) is 9.66. The standard InChI is InChI=1S/C21H17Cl2F3N2O4S/c1-10-4-11(2-3-16(10)19(30)27-15-8-33(31)9-15)17-18(29)20(32-28-17,21(24,25)26)12-5-13(22)7-14(23)6-12/h2-7,15,18,29H,8-9H2,1H3,(H,27,30). The fraction of sp³-hybridized carbons (Fsp3) is 0.333. The van der Waals surface area contributed by atoms with Crippen molar-refractivity contribution in [2.24, 2.45) is 5.16 Å². The van der Waals surface area contributed by atoms with Crippen molar-refractivity contribution in [2.45, 2.75) is 30.8 Å². The van der Waals surface area contributed by atoms with Crippen LogP contribution in [0.5, 0.6) is 0 Å². The molecule has 1 fully saturated rings. The van der Waals surface area contributed by atoms with Gasteiger partial charge in [-0.1, -0.05) is 34.4 Å². The first-order chi connectivity index (χ1) is 15.4. The number of carbonyl (C=O) groups excluding carboxylic acids is 1. The molecule has 0 radical (unpaired) electrons. The van der Waals surface area contributed by atoms with Crippen LogP contribution in [0.15, 0.2) is 41.6 Å². The Kier molecular flexibility index (Phi) is 6.34. The van der Waals surface area contributed by atoms with Gasteiger partial charge in [0.05, 0.1) is 0 Å². The lowest BCUT2D eigenvalue weighted by molar-refractivity contribution is -0.296. The maximum absolute atomic E-state index is 14.2. The number of oxime groups is 1. The Hall–Kier alpha value is -1.98. The molecule has 4 rings (SSSR count). The maximum Gasteiger partial charge on any atom is 0.438 e. The number of aryl methyl sites for hydroxylation is 1. The van der Waals surface area contributed by atoms with Gasteiger partial charge in [0.2, 0.25) is 0 Å². The number of aliphatic hydroxyl groups excluding tert-OH is 1. The number of aliphatic hydroxyl groups is 1. The number of benzene rings is 2. The SMILES string of the molecule is Cc1cc(C2=NOC(c3cc(Cl)cc(Cl)c3)(C(F)(F)F)C2O)ccc1C(=O)NC1C[S+]([O-])C1. The van der Waals surface area contributed by atoms with Gasteiger partial charge in [0.1, 0.15) is 23.3 Å². The molecule has 1 amide bonds. The number of alkyl halides is 3. The molecule has 0 bridgehead atoms. The fourth-order valence-electron chi connectivity index (χ4n) is 3.80. The lowest BCUT2D eigenvalue weighted by Crippen LogP contribution is -2.53. The summed E-state index contributed by atoms with van der Waals surface area (Å²) in [7, 11) is 0. The molecule has 2 heterocycles. The lowest BCUT2D eigenvalue weighted by atomic mass is 9.83. The minimum absolute atomic E-state index is 0.0631. The van der Waals surface area contributed by atoms with Crippen LogP contribution < -0.4 is 5.32 Å². The largest absolute Gasteiger partial charge is 0.616 e. The van der Waals surface area contributed by atoms with E-state index in [0.717, 1.165) is 12.1 Å². The molecule has 2 aromatic rings. The molecular formula is C21H17Cl2F3N2O4S. The van der Waals surface area contributed by atoms with Crippen molar-refractivity contribution >= 4 is 46.0 Å². The minimum atomic E-state index is -5.07. The number of hydrogen-bond acceptors (Lipinski definition) is 5. The number of carbonyl (C=O) groups is 1. The molecule has 2 atom stereocenters. The van der Waals surface area contributed by atoms with E-state index in [1.807, 2.05) is 0 Å². The fourth-order valence-corrected chi connectivity index (χ4v) is 5.29. The number of amides is 1. The van der Waals surface area contributed by atoms with E-state index >= 15 is 0 Å². The third-order valence-corrected chi connectivity index (χ3v) is 7.51. The molecule has 33 heavy (non-hydrogen) atoms. The van der Waals surface area contributed by atoms with Crippen molar-refractivity contribution in [3.8, 4) is 0 Å².